The lowest BCUT2D eigenvalue weighted by molar-refractivity contribution is 0.290. The molecule has 3 N–H and O–H groups in total. The zero-order chi connectivity index (χ0) is 17.8. The van der Waals surface area contributed by atoms with E-state index in [1.807, 2.05) is 17.0 Å². The predicted octanol–water partition coefficient (Wildman–Crippen LogP) is 2.84. The Balaban J connectivity index is 1.83. The molecule has 0 saturated heterocycles. The van der Waals surface area contributed by atoms with Crippen molar-refractivity contribution in [1.29, 1.82) is 5.26 Å². The summed E-state index contributed by atoms with van der Waals surface area (Å²) in [6.45, 7) is 1.78. The van der Waals surface area contributed by atoms with Crippen LogP contribution in [0.15, 0.2) is 18.2 Å². The van der Waals surface area contributed by atoms with Crippen molar-refractivity contribution in [1.82, 2.24) is 9.97 Å². The van der Waals surface area contributed by atoms with Gasteiger partial charge in [0.05, 0.1) is 16.7 Å². The van der Waals surface area contributed by atoms with Crippen molar-refractivity contribution in [3.05, 3.63) is 39.6 Å². The molecule has 9 heteroatoms. The van der Waals surface area contributed by atoms with Crippen LogP contribution in [0.1, 0.15) is 17.8 Å². The van der Waals surface area contributed by atoms with Crippen molar-refractivity contribution in [3.63, 3.8) is 0 Å². The van der Waals surface area contributed by atoms with Gasteiger partial charge < -0.3 is 20.6 Å². The molecule has 25 heavy (non-hydrogen) atoms. The molecule has 0 atom stereocenters. The third kappa shape index (κ3) is 3.87. The molecule has 1 aliphatic rings. The molecule has 1 aromatic carbocycles. The number of nitrogens with one attached hydrogen (secondary N) is 2. The number of fused-ring (bicyclic) bond motifs is 1. The fraction of sp³-hybridized carbons (Fsp3) is 0.312. The molecule has 1 aliphatic heterocycles. The average molecular weight is 379 g/mol. The van der Waals surface area contributed by atoms with E-state index in [0.29, 0.717) is 47.9 Å². The monoisotopic (exact) mass is 378 g/mol. The van der Waals surface area contributed by atoms with E-state index in [9.17, 15) is 5.26 Å². The van der Waals surface area contributed by atoms with Gasteiger partial charge in [-0.05, 0) is 24.1 Å². The topological polar surface area (TPSA) is 97.1 Å². The second-order valence-electron chi connectivity index (χ2n) is 5.48. The molecule has 2 aromatic rings. The van der Waals surface area contributed by atoms with E-state index in [-0.39, 0.29) is 12.4 Å². The molecule has 3 rings (SSSR count). The first-order valence-corrected chi connectivity index (χ1v) is 8.47. The SMILES string of the molecule is N#Cc1nc(NCc2ccc(Cl)c(Cl)c2)c2c(n1)N(CCCO)CN2. The van der Waals surface area contributed by atoms with Gasteiger partial charge in [0.1, 0.15) is 11.8 Å². The number of rotatable bonds is 6. The van der Waals surface area contributed by atoms with Crippen molar-refractivity contribution < 1.29 is 5.11 Å². The Morgan fingerprint density at radius 2 is 2.16 bits per heavy atom. The predicted molar refractivity (Wildman–Crippen MR) is 98.1 cm³/mol. The highest BCUT2D eigenvalue weighted by Crippen LogP contribution is 2.35. The second-order valence-corrected chi connectivity index (χ2v) is 6.30. The first kappa shape index (κ1) is 17.5. The van der Waals surface area contributed by atoms with Gasteiger partial charge in [0, 0.05) is 19.7 Å². The molecule has 0 bridgehead atoms. The zero-order valence-electron chi connectivity index (χ0n) is 13.3. The first-order chi connectivity index (χ1) is 12.1. The molecule has 7 nitrogen and oxygen atoms in total. The van der Waals surface area contributed by atoms with Gasteiger partial charge in [0.25, 0.3) is 0 Å². The minimum Gasteiger partial charge on any atom is -0.396 e. The fourth-order valence-electron chi connectivity index (χ4n) is 2.55. The van der Waals surface area contributed by atoms with Crippen LogP contribution in [0.4, 0.5) is 17.3 Å². The standard InChI is InChI=1S/C16H16Cl2N6O/c17-11-3-2-10(6-12(11)18)8-20-15-14-16(23-13(7-19)22-15)24(9-21-14)4-1-5-25/h2-3,6,21,25H,1,4-5,8-9H2,(H,20,22,23). The molecule has 0 amide bonds. The van der Waals surface area contributed by atoms with Crippen LogP contribution in [-0.4, -0.2) is 34.9 Å². The number of hydrogen-bond donors (Lipinski definition) is 3. The number of halogens is 2. The fourth-order valence-corrected chi connectivity index (χ4v) is 2.87. The summed E-state index contributed by atoms with van der Waals surface area (Å²) in [6.07, 6.45) is 0.624. The third-order valence-corrected chi connectivity index (χ3v) is 4.51. The molecule has 0 fully saturated rings. The molecule has 0 spiro atoms. The minimum atomic E-state index is 0.0908. The van der Waals surface area contributed by atoms with E-state index >= 15 is 0 Å². The Morgan fingerprint density at radius 3 is 2.88 bits per heavy atom. The lowest BCUT2D eigenvalue weighted by atomic mass is 10.2. The normalized spacial score (nSPS) is 12.5. The highest BCUT2D eigenvalue weighted by atomic mass is 35.5. The van der Waals surface area contributed by atoms with Crippen LogP contribution in [0.25, 0.3) is 0 Å². The van der Waals surface area contributed by atoms with Gasteiger partial charge in [-0.3, -0.25) is 0 Å². The number of nitriles is 1. The van der Waals surface area contributed by atoms with Gasteiger partial charge in [0.2, 0.25) is 5.82 Å². The average Bonchev–Trinajstić information content (AvgIpc) is 3.03. The van der Waals surface area contributed by atoms with Crippen molar-refractivity contribution in [2.45, 2.75) is 13.0 Å². The lowest BCUT2D eigenvalue weighted by Gasteiger charge is -2.16. The van der Waals surface area contributed by atoms with Crippen LogP contribution in [0.3, 0.4) is 0 Å². The van der Waals surface area contributed by atoms with Gasteiger partial charge in [-0.15, -0.1) is 0 Å². The number of benzene rings is 1. The van der Waals surface area contributed by atoms with E-state index in [1.54, 1.807) is 12.1 Å². The van der Waals surface area contributed by atoms with E-state index in [4.69, 9.17) is 28.3 Å². The quantitative estimate of drug-likeness (QED) is 0.710. The summed E-state index contributed by atoms with van der Waals surface area (Å²) >= 11 is 12.0. The summed E-state index contributed by atoms with van der Waals surface area (Å²) in [4.78, 5) is 10.5. The van der Waals surface area contributed by atoms with Gasteiger partial charge in [-0.25, -0.2) is 0 Å². The summed E-state index contributed by atoms with van der Waals surface area (Å²) < 4.78 is 0. The molecular weight excluding hydrogens is 363 g/mol. The lowest BCUT2D eigenvalue weighted by Crippen LogP contribution is -2.25. The number of aliphatic hydroxyl groups is 1. The van der Waals surface area contributed by atoms with Crippen molar-refractivity contribution in [2.24, 2.45) is 0 Å². The van der Waals surface area contributed by atoms with Crippen LogP contribution in [0.5, 0.6) is 0 Å². The van der Waals surface area contributed by atoms with Crippen molar-refractivity contribution in [2.75, 3.05) is 35.4 Å². The van der Waals surface area contributed by atoms with Crippen LogP contribution in [0.2, 0.25) is 10.0 Å². The number of hydrogen-bond acceptors (Lipinski definition) is 7. The van der Waals surface area contributed by atoms with Crippen molar-refractivity contribution in [3.8, 4) is 6.07 Å². The van der Waals surface area contributed by atoms with Gasteiger partial charge in [-0.1, -0.05) is 29.3 Å². The summed E-state index contributed by atoms with van der Waals surface area (Å²) in [7, 11) is 0. The Labute approximate surface area is 155 Å². The molecule has 0 aliphatic carbocycles. The molecule has 130 valence electrons. The highest BCUT2D eigenvalue weighted by Gasteiger charge is 2.25. The van der Waals surface area contributed by atoms with Crippen molar-refractivity contribution >= 4 is 40.5 Å². The van der Waals surface area contributed by atoms with E-state index in [1.165, 1.54) is 0 Å². The summed E-state index contributed by atoms with van der Waals surface area (Å²) in [5.74, 6) is 1.31. The molecule has 2 heterocycles. The maximum absolute atomic E-state index is 9.19. The third-order valence-electron chi connectivity index (χ3n) is 3.77. The Kier molecular flexibility index (Phi) is 5.43. The van der Waals surface area contributed by atoms with Crippen LogP contribution in [0, 0.1) is 11.3 Å². The minimum absolute atomic E-state index is 0.0908. The van der Waals surface area contributed by atoms with Gasteiger partial charge in [0.15, 0.2) is 11.6 Å². The largest absolute Gasteiger partial charge is 0.396 e. The maximum atomic E-state index is 9.19. The van der Waals surface area contributed by atoms with E-state index < -0.39 is 0 Å². The summed E-state index contributed by atoms with van der Waals surface area (Å²) in [5, 5.41) is 25.7. The zero-order valence-corrected chi connectivity index (χ0v) is 14.8. The molecular formula is C16H16Cl2N6O. The van der Waals surface area contributed by atoms with Gasteiger partial charge in [-0.2, -0.15) is 15.2 Å². The maximum Gasteiger partial charge on any atom is 0.236 e. The summed E-state index contributed by atoms with van der Waals surface area (Å²) in [5.41, 5.74) is 1.69. The first-order valence-electron chi connectivity index (χ1n) is 7.72. The van der Waals surface area contributed by atoms with Gasteiger partial charge >= 0.3 is 0 Å². The molecule has 1 aromatic heterocycles. The number of nitrogens with zero attached hydrogens (tertiary/aromatic N) is 4. The Bertz CT molecular complexity index is 823. The smallest absolute Gasteiger partial charge is 0.236 e. The Hall–Kier alpha value is -2.27. The summed E-state index contributed by atoms with van der Waals surface area (Å²) in [6, 6.07) is 7.37. The highest BCUT2D eigenvalue weighted by molar-refractivity contribution is 6.42. The Morgan fingerprint density at radius 1 is 1.32 bits per heavy atom. The molecule has 0 radical (unpaired) electrons. The van der Waals surface area contributed by atoms with Crippen LogP contribution < -0.4 is 15.5 Å². The number of aliphatic hydroxyl groups excluding tert-OH is 1. The molecule has 0 saturated carbocycles. The van der Waals surface area contributed by atoms with E-state index in [2.05, 4.69) is 20.6 Å². The number of anilines is 3. The second kappa shape index (κ2) is 7.74. The van der Waals surface area contributed by atoms with Crippen LogP contribution >= 0.6 is 23.2 Å². The molecule has 0 unspecified atom stereocenters. The van der Waals surface area contributed by atoms with Crippen LogP contribution in [-0.2, 0) is 6.54 Å². The van der Waals surface area contributed by atoms with E-state index in [0.717, 1.165) is 11.3 Å². The number of aromatic nitrogens is 2.